The van der Waals surface area contributed by atoms with Crippen LogP contribution in [-0.2, 0) is 28.8 Å². The number of aliphatic hydroxyl groups is 2. The standard InChI is InChI=1S/C39H54F3N3O5/c1-9-20(3)14-24-15-25(39(40,41)42)16-27(33(24)43-10-2)26-13-11-12-23(35(26)49-8)18-45-34(30(22(5)47)29(19-46)50-45)36(48)44-38-17-28-32(38)31(21(38)4)37(28,6)7/h11-13,15-16,20-22,28-32,34,43,46-47H,9-10,14,17-19H2,1-8H3,(H,44,48)/t20?,21-,22-,28-,29-,30-,31+,32?,34-,38+/m0/s1. The number of halogens is 3. The number of nitrogens with zero attached hydrogens (tertiary/aromatic N) is 1. The molecule has 276 valence electrons. The first kappa shape index (κ1) is 36.9. The lowest BCUT2D eigenvalue weighted by Gasteiger charge is -2.86. The van der Waals surface area contributed by atoms with Crippen LogP contribution in [0, 0.1) is 40.9 Å². The average Bonchev–Trinajstić information content (AvgIpc) is 3.43. The third kappa shape index (κ3) is 5.71. The van der Waals surface area contributed by atoms with Gasteiger partial charge in [0.05, 0.1) is 31.9 Å². The molecule has 6 rings (SSSR count). The van der Waals surface area contributed by atoms with Gasteiger partial charge in [-0.05, 0) is 79.4 Å². The molecule has 1 aliphatic heterocycles. The van der Waals surface area contributed by atoms with Gasteiger partial charge in [-0.25, -0.2) is 0 Å². The fraction of sp³-hybridized carbons (Fsp3) is 0.667. The van der Waals surface area contributed by atoms with Crippen LogP contribution in [0.25, 0.3) is 11.1 Å². The number of anilines is 1. The molecule has 3 aliphatic carbocycles. The topological polar surface area (TPSA) is 103 Å². The molecule has 2 unspecified atom stereocenters. The molecule has 0 radical (unpaired) electrons. The minimum atomic E-state index is -4.55. The molecule has 10 atom stereocenters. The number of nitrogens with one attached hydrogen (secondary N) is 2. The zero-order chi connectivity index (χ0) is 36.5. The number of hydrogen-bond acceptors (Lipinski definition) is 7. The van der Waals surface area contributed by atoms with Crippen molar-refractivity contribution in [3.8, 4) is 16.9 Å². The third-order valence-electron chi connectivity index (χ3n) is 13.0. The minimum absolute atomic E-state index is 0.0360. The van der Waals surface area contributed by atoms with E-state index in [-0.39, 0.29) is 29.3 Å². The maximum Gasteiger partial charge on any atom is 0.416 e. The van der Waals surface area contributed by atoms with Crippen molar-refractivity contribution in [1.82, 2.24) is 10.4 Å². The Labute approximate surface area is 294 Å². The molecule has 11 heteroatoms. The number of alkyl halides is 3. The molecule has 0 aromatic heterocycles. The van der Waals surface area contributed by atoms with Gasteiger partial charge in [-0.15, -0.1) is 0 Å². The molecule has 2 aromatic carbocycles. The van der Waals surface area contributed by atoms with E-state index in [1.54, 1.807) is 25.1 Å². The lowest BCUT2D eigenvalue weighted by molar-refractivity contribution is -0.349. The van der Waals surface area contributed by atoms with Crippen molar-refractivity contribution in [1.29, 1.82) is 0 Å². The van der Waals surface area contributed by atoms with Gasteiger partial charge in [0.1, 0.15) is 17.9 Å². The van der Waals surface area contributed by atoms with Crippen molar-refractivity contribution < 1.29 is 37.8 Å². The second-order valence-electron chi connectivity index (χ2n) is 16.0. The second-order valence-corrected chi connectivity index (χ2v) is 16.0. The molecule has 2 aromatic rings. The van der Waals surface area contributed by atoms with Crippen LogP contribution in [0.1, 0.15) is 78.0 Å². The zero-order valence-electron chi connectivity index (χ0n) is 30.5. The Morgan fingerprint density at radius 3 is 2.42 bits per heavy atom. The van der Waals surface area contributed by atoms with Crippen LogP contribution in [0.15, 0.2) is 30.3 Å². The summed E-state index contributed by atoms with van der Waals surface area (Å²) in [6.07, 6.45) is -4.13. The lowest BCUT2D eigenvalue weighted by atomic mass is 9.21. The van der Waals surface area contributed by atoms with Crippen molar-refractivity contribution in [2.75, 3.05) is 25.6 Å². The number of carbonyl (C=O) groups is 1. The van der Waals surface area contributed by atoms with Crippen LogP contribution in [-0.4, -0.2) is 65.2 Å². The largest absolute Gasteiger partial charge is 0.496 e. The predicted octanol–water partition coefficient (Wildman–Crippen LogP) is 6.67. The number of methoxy groups -OCH3 is 1. The highest BCUT2D eigenvalue weighted by Crippen LogP contribution is 2.81. The molecule has 1 amide bonds. The van der Waals surface area contributed by atoms with Crippen LogP contribution in [0.3, 0.4) is 0 Å². The monoisotopic (exact) mass is 701 g/mol. The molecular weight excluding hydrogens is 647 g/mol. The number of rotatable bonds is 13. The fourth-order valence-electron chi connectivity index (χ4n) is 10.3. The average molecular weight is 702 g/mol. The molecule has 0 bridgehead atoms. The SMILES string of the molecule is CCNc1c(CC(C)CC)cc(C(F)(F)F)cc1-c1cccc(CN2O[C@@H](CO)[C@H]([C@H](C)O)[C@H]2C(=O)N[C@@]23C[C@H]4C2[C@@H]([C@@H]3C)C4(C)C)c1OC. The van der Waals surface area contributed by atoms with Gasteiger partial charge in [0.15, 0.2) is 0 Å². The Morgan fingerprint density at radius 2 is 1.86 bits per heavy atom. The summed E-state index contributed by atoms with van der Waals surface area (Å²) in [4.78, 5) is 20.5. The van der Waals surface area contributed by atoms with Crippen molar-refractivity contribution in [2.45, 2.75) is 104 Å². The highest BCUT2D eigenvalue weighted by molar-refractivity contribution is 5.86. The first-order valence-corrected chi connectivity index (χ1v) is 18.2. The number of benzene rings is 2. The molecule has 3 saturated carbocycles. The van der Waals surface area contributed by atoms with Gasteiger partial charge >= 0.3 is 6.18 Å². The number of para-hydroxylation sites is 1. The van der Waals surface area contributed by atoms with E-state index in [0.29, 0.717) is 70.3 Å². The Morgan fingerprint density at radius 1 is 1.14 bits per heavy atom. The van der Waals surface area contributed by atoms with Crippen molar-refractivity contribution >= 4 is 11.6 Å². The van der Waals surface area contributed by atoms with Gasteiger partial charge in [0.2, 0.25) is 5.91 Å². The van der Waals surface area contributed by atoms with Crippen LogP contribution < -0.4 is 15.4 Å². The van der Waals surface area contributed by atoms with Gasteiger partial charge < -0.3 is 25.6 Å². The molecule has 1 saturated heterocycles. The van der Waals surface area contributed by atoms with E-state index in [2.05, 4.69) is 31.4 Å². The normalized spacial score (nSPS) is 32.2. The predicted molar refractivity (Wildman–Crippen MR) is 186 cm³/mol. The van der Waals surface area contributed by atoms with Crippen molar-refractivity contribution in [3.63, 3.8) is 0 Å². The minimum Gasteiger partial charge on any atom is -0.496 e. The van der Waals surface area contributed by atoms with E-state index >= 15 is 0 Å². The van der Waals surface area contributed by atoms with Gasteiger partial charge in [-0.1, -0.05) is 59.2 Å². The summed E-state index contributed by atoms with van der Waals surface area (Å²) in [5.74, 6) is 1.49. The third-order valence-corrected chi connectivity index (χ3v) is 13.0. The highest BCUT2D eigenvalue weighted by atomic mass is 19.4. The van der Waals surface area contributed by atoms with Crippen LogP contribution in [0.4, 0.5) is 18.9 Å². The van der Waals surface area contributed by atoms with E-state index in [1.165, 1.54) is 24.3 Å². The number of hydrogen-bond donors (Lipinski definition) is 4. The number of amides is 1. The van der Waals surface area contributed by atoms with E-state index in [4.69, 9.17) is 9.57 Å². The van der Waals surface area contributed by atoms with Crippen LogP contribution in [0.2, 0.25) is 0 Å². The van der Waals surface area contributed by atoms with E-state index in [0.717, 1.165) is 12.8 Å². The molecule has 8 nitrogen and oxygen atoms in total. The van der Waals surface area contributed by atoms with Gasteiger partial charge in [0.25, 0.3) is 0 Å². The number of hydroxylamine groups is 2. The van der Waals surface area contributed by atoms with Gasteiger partial charge in [-0.2, -0.15) is 18.2 Å². The molecule has 4 N–H and O–H groups in total. The zero-order valence-corrected chi connectivity index (χ0v) is 30.5. The van der Waals surface area contributed by atoms with Crippen molar-refractivity contribution in [2.24, 2.45) is 40.9 Å². The molecular formula is C39H54F3N3O5. The van der Waals surface area contributed by atoms with Crippen LogP contribution in [0.5, 0.6) is 5.75 Å². The highest BCUT2D eigenvalue weighted by Gasteiger charge is 2.83. The Hall–Kier alpha value is -2.86. The Kier molecular flexibility index (Phi) is 9.80. The first-order chi connectivity index (χ1) is 23.5. The van der Waals surface area contributed by atoms with E-state index in [1.807, 2.05) is 20.8 Å². The van der Waals surface area contributed by atoms with Gasteiger partial charge in [-0.3, -0.25) is 9.63 Å². The molecule has 4 fully saturated rings. The summed E-state index contributed by atoms with van der Waals surface area (Å²) in [7, 11) is 1.48. The fourth-order valence-corrected chi connectivity index (χ4v) is 10.3. The number of carbonyl (C=O) groups excluding carboxylic acids is 1. The quantitative estimate of drug-likeness (QED) is 0.185. The van der Waals surface area contributed by atoms with E-state index < -0.39 is 42.5 Å². The summed E-state index contributed by atoms with van der Waals surface area (Å²) >= 11 is 0. The molecule has 50 heavy (non-hydrogen) atoms. The van der Waals surface area contributed by atoms with Gasteiger partial charge in [0, 0.05) is 40.4 Å². The summed E-state index contributed by atoms with van der Waals surface area (Å²) in [5.41, 5.74) is 1.93. The summed E-state index contributed by atoms with van der Waals surface area (Å²) < 4.78 is 48.9. The Balaban J connectivity index is 1.37. The molecule has 0 spiro atoms. The summed E-state index contributed by atoms with van der Waals surface area (Å²) in [6, 6.07) is 6.82. The summed E-state index contributed by atoms with van der Waals surface area (Å²) in [6.45, 7) is 14.6. The number of ether oxygens (including phenoxy) is 1. The van der Waals surface area contributed by atoms with Crippen molar-refractivity contribution in [3.05, 3.63) is 47.0 Å². The second kappa shape index (κ2) is 13.3. The first-order valence-electron chi connectivity index (χ1n) is 18.2. The van der Waals surface area contributed by atoms with Crippen LogP contribution >= 0.6 is 0 Å². The Bertz CT molecular complexity index is 1590. The summed E-state index contributed by atoms with van der Waals surface area (Å²) in [5, 5.41) is 29.5. The van der Waals surface area contributed by atoms with E-state index in [9.17, 15) is 28.2 Å². The number of aliphatic hydroxyl groups excluding tert-OH is 2. The lowest BCUT2D eigenvalue weighted by Crippen LogP contribution is -2.90. The molecule has 1 heterocycles. The maximum atomic E-state index is 14.3. The molecule has 4 aliphatic rings. The maximum absolute atomic E-state index is 14.3. The smallest absolute Gasteiger partial charge is 0.416 e.